The summed E-state index contributed by atoms with van der Waals surface area (Å²) in [5, 5.41) is 0. The molecule has 1 aliphatic carbocycles. The predicted molar refractivity (Wildman–Crippen MR) is 152 cm³/mol. The van der Waals surface area contributed by atoms with Gasteiger partial charge in [-0.2, -0.15) is 0 Å². The van der Waals surface area contributed by atoms with Crippen molar-refractivity contribution in [1.29, 1.82) is 0 Å². The van der Waals surface area contributed by atoms with Gasteiger partial charge in [0.2, 0.25) is 0 Å². The number of hydrogen-bond acceptors (Lipinski definition) is 6. The van der Waals surface area contributed by atoms with Crippen LogP contribution in [-0.4, -0.2) is 32.4 Å². The molecule has 2 atom stereocenters. The first-order chi connectivity index (χ1) is 17.4. The summed E-state index contributed by atoms with van der Waals surface area (Å²) < 4.78 is 34.0. The van der Waals surface area contributed by atoms with Crippen LogP contribution in [0, 0.1) is 11.3 Å². The minimum atomic E-state index is -3.67. The zero-order valence-electron chi connectivity index (χ0n) is 24.3. The van der Waals surface area contributed by atoms with Gasteiger partial charge < -0.3 is 4.74 Å². The van der Waals surface area contributed by atoms with Crippen LogP contribution in [0.1, 0.15) is 87.5 Å². The molecule has 0 aromatic heterocycles. The van der Waals surface area contributed by atoms with Crippen molar-refractivity contribution in [1.82, 2.24) is 0 Å². The second-order valence-corrected chi connectivity index (χ2v) is 12.2. The molecule has 7 heteroatoms. The fraction of sp³-hybridized carbons (Fsp3) is 0.633. The molecule has 37 heavy (non-hydrogen) atoms. The van der Waals surface area contributed by atoms with Crippen molar-refractivity contribution in [2.24, 2.45) is 11.3 Å². The number of phosphoric ester groups is 1. The molecule has 0 saturated carbocycles. The minimum absolute atomic E-state index is 0.0477. The van der Waals surface area contributed by atoms with E-state index < -0.39 is 13.8 Å². The largest absolute Gasteiger partial charge is 0.474 e. The Balaban J connectivity index is 2.54. The molecular weight excluding hydrogens is 487 g/mol. The Labute approximate surface area is 225 Å². The van der Waals surface area contributed by atoms with E-state index in [1.807, 2.05) is 45.9 Å². The third-order valence-corrected chi connectivity index (χ3v) is 7.83. The second kappa shape index (κ2) is 17.0. The van der Waals surface area contributed by atoms with Crippen molar-refractivity contribution in [3.05, 3.63) is 58.7 Å². The van der Waals surface area contributed by atoms with E-state index >= 15 is 0 Å². The summed E-state index contributed by atoms with van der Waals surface area (Å²) in [5.41, 5.74) is 5.04. The van der Waals surface area contributed by atoms with Gasteiger partial charge in [-0.1, -0.05) is 82.6 Å². The van der Waals surface area contributed by atoms with E-state index in [9.17, 15) is 9.36 Å². The number of carbonyl (C=O) groups is 1. The first-order valence-electron chi connectivity index (χ1n) is 13.5. The van der Waals surface area contributed by atoms with E-state index in [0.717, 1.165) is 17.6 Å². The highest BCUT2D eigenvalue weighted by atomic mass is 31.2. The fourth-order valence-corrected chi connectivity index (χ4v) is 5.22. The topological polar surface area (TPSA) is 71.1 Å². The fourth-order valence-electron chi connectivity index (χ4n) is 3.85. The van der Waals surface area contributed by atoms with E-state index in [0.29, 0.717) is 6.42 Å². The number of phosphoric acid groups is 1. The Bertz CT molecular complexity index is 922. The Morgan fingerprint density at radius 3 is 2.41 bits per heavy atom. The lowest BCUT2D eigenvalue weighted by atomic mass is 9.72. The molecule has 6 nitrogen and oxygen atoms in total. The maximum absolute atomic E-state index is 12.7. The van der Waals surface area contributed by atoms with Crippen LogP contribution < -0.4 is 0 Å². The highest BCUT2D eigenvalue weighted by Gasteiger charge is 2.27. The molecule has 0 radical (unpaired) electrons. The molecule has 0 heterocycles. The Morgan fingerprint density at radius 1 is 1.05 bits per heavy atom. The van der Waals surface area contributed by atoms with E-state index in [1.165, 1.54) is 36.5 Å². The third kappa shape index (κ3) is 13.6. The van der Waals surface area contributed by atoms with E-state index in [1.54, 1.807) is 0 Å². The molecule has 1 aliphatic rings. The number of hydrogen-bond donors (Lipinski definition) is 0. The van der Waals surface area contributed by atoms with Crippen molar-refractivity contribution in [3.63, 3.8) is 0 Å². The van der Waals surface area contributed by atoms with Crippen LogP contribution in [0.15, 0.2) is 58.7 Å². The Hall–Kier alpha value is -1.72. The van der Waals surface area contributed by atoms with Crippen LogP contribution in [0.5, 0.6) is 0 Å². The smallest absolute Gasteiger partial charge is 0.460 e. The van der Waals surface area contributed by atoms with Crippen molar-refractivity contribution >= 4 is 13.8 Å². The number of rotatable bonds is 16. The molecule has 0 amide bonds. The maximum atomic E-state index is 12.7. The molecule has 210 valence electrons. The van der Waals surface area contributed by atoms with Gasteiger partial charge in [-0.05, 0) is 68.9 Å². The van der Waals surface area contributed by atoms with Crippen LogP contribution in [0.3, 0.4) is 0 Å². The summed E-state index contributed by atoms with van der Waals surface area (Å²) in [7, 11) is -3.67. The predicted octanol–water partition coefficient (Wildman–Crippen LogP) is 8.68. The van der Waals surface area contributed by atoms with Crippen LogP contribution in [0.25, 0.3) is 0 Å². The lowest BCUT2D eigenvalue weighted by Gasteiger charge is -2.32. The van der Waals surface area contributed by atoms with Gasteiger partial charge in [0.1, 0.15) is 6.61 Å². The van der Waals surface area contributed by atoms with Gasteiger partial charge in [-0.15, -0.1) is 0 Å². The molecule has 0 bridgehead atoms. The van der Waals surface area contributed by atoms with Crippen molar-refractivity contribution in [2.75, 3.05) is 26.4 Å². The summed E-state index contributed by atoms with van der Waals surface area (Å²) >= 11 is 0. The molecule has 0 N–H and O–H groups in total. The highest BCUT2D eigenvalue weighted by molar-refractivity contribution is 7.48. The molecule has 0 aliphatic heterocycles. The molecule has 0 aromatic carbocycles. The second-order valence-electron chi connectivity index (χ2n) is 10.5. The SMILES string of the molecule is CCCOP(=O)(OCCOC(=O)/C=C(C)/C=C/C=C(C)/C=C/C1=C(C)CCCC1(C)C)OCC(C)CC. The average Bonchev–Trinajstić information content (AvgIpc) is 2.83. The summed E-state index contributed by atoms with van der Waals surface area (Å²) in [6, 6.07) is 0. The van der Waals surface area contributed by atoms with Gasteiger partial charge in [-0.25, -0.2) is 9.36 Å². The standard InChI is InChI=1S/C30H49O6P/c1-9-19-34-37(32,36-23-24(3)10-2)35-21-20-33-29(31)22-26(5)14-11-13-25(4)16-17-28-27(6)15-12-18-30(28,7)8/h11,13-14,16-17,22,24H,9-10,12,15,18-21,23H2,1-8H3/b14-11+,17-16+,25-13+,26-22+. The summed E-state index contributed by atoms with van der Waals surface area (Å²) in [6.07, 6.45) is 16.9. The molecule has 2 unspecified atom stereocenters. The normalized spacial score (nSPS) is 19.5. The number of ether oxygens (including phenoxy) is 1. The molecule has 0 spiro atoms. The van der Waals surface area contributed by atoms with Gasteiger partial charge in [0.25, 0.3) is 0 Å². The van der Waals surface area contributed by atoms with Crippen molar-refractivity contribution in [2.45, 2.75) is 87.5 Å². The Kier molecular flexibility index (Phi) is 15.3. The Morgan fingerprint density at radius 2 is 1.76 bits per heavy atom. The van der Waals surface area contributed by atoms with Gasteiger partial charge >= 0.3 is 13.8 Å². The van der Waals surface area contributed by atoms with E-state index in [4.69, 9.17) is 18.3 Å². The average molecular weight is 537 g/mol. The van der Waals surface area contributed by atoms with Crippen molar-refractivity contribution in [3.8, 4) is 0 Å². The zero-order valence-corrected chi connectivity index (χ0v) is 25.2. The monoisotopic (exact) mass is 536 g/mol. The van der Waals surface area contributed by atoms with E-state index in [2.05, 4.69) is 39.8 Å². The zero-order chi connectivity index (χ0) is 27.9. The third-order valence-electron chi connectivity index (χ3n) is 6.36. The van der Waals surface area contributed by atoms with Gasteiger partial charge in [-0.3, -0.25) is 13.6 Å². The van der Waals surface area contributed by atoms with Gasteiger partial charge in [0.05, 0.1) is 19.8 Å². The highest BCUT2D eigenvalue weighted by Crippen LogP contribution is 2.49. The summed E-state index contributed by atoms with van der Waals surface area (Å²) in [5.74, 6) is -0.250. The lowest BCUT2D eigenvalue weighted by Crippen LogP contribution is -2.19. The summed E-state index contributed by atoms with van der Waals surface area (Å²) in [4.78, 5) is 12.1. The van der Waals surface area contributed by atoms with Crippen LogP contribution in [0.2, 0.25) is 0 Å². The van der Waals surface area contributed by atoms with E-state index in [-0.39, 0.29) is 37.8 Å². The summed E-state index contributed by atoms with van der Waals surface area (Å²) in [6.45, 7) is 17.1. The van der Waals surface area contributed by atoms with Crippen LogP contribution in [0.4, 0.5) is 0 Å². The van der Waals surface area contributed by atoms with Crippen molar-refractivity contribution < 1.29 is 27.7 Å². The first-order valence-corrected chi connectivity index (χ1v) is 15.0. The first kappa shape index (κ1) is 33.3. The van der Waals surface area contributed by atoms with Gasteiger partial charge in [0, 0.05) is 6.08 Å². The molecule has 0 saturated heterocycles. The lowest BCUT2D eigenvalue weighted by molar-refractivity contribution is -0.138. The quantitative estimate of drug-likeness (QED) is 0.0646. The molecule has 0 fully saturated rings. The minimum Gasteiger partial charge on any atom is -0.460 e. The maximum Gasteiger partial charge on any atom is 0.474 e. The number of carbonyl (C=O) groups excluding carboxylic acids is 1. The van der Waals surface area contributed by atoms with Crippen LogP contribution >= 0.6 is 7.82 Å². The number of allylic oxidation sites excluding steroid dienone is 9. The molecular formula is C30H49O6P. The number of esters is 1. The molecule has 1 rings (SSSR count). The van der Waals surface area contributed by atoms with Crippen LogP contribution in [-0.2, 0) is 27.7 Å². The van der Waals surface area contributed by atoms with Gasteiger partial charge in [0.15, 0.2) is 0 Å². The molecule has 0 aromatic rings.